The highest BCUT2D eigenvalue weighted by Crippen LogP contribution is 2.31. The first-order valence-corrected chi connectivity index (χ1v) is 11.5. The summed E-state index contributed by atoms with van der Waals surface area (Å²) in [6.07, 6.45) is 0.809. The third-order valence-corrected chi connectivity index (χ3v) is 5.88. The normalized spacial score (nSPS) is 13.2. The van der Waals surface area contributed by atoms with E-state index in [1.807, 2.05) is 56.3 Å². The van der Waals surface area contributed by atoms with E-state index in [4.69, 9.17) is 16.3 Å². The quantitative estimate of drug-likeness (QED) is 0.551. The summed E-state index contributed by atoms with van der Waals surface area (Å²) in [6, 6.07) is 14.4. The van der Waals surface area contributed by atoms with Gasteiger partial charge in [0, 0.05) is 17.6 Å². The summed E-state index contributed by atoms with van der Waals surface area (Å²) < 4.78 is 5.95. The molecule has 0 saturated heterocycles. The van der Waals surface area contributed by atoms with Crippen LogP contribution in [0, 0.1) is 0 Å². The average molecular weight is 459 g/mol. The largest absolute Gasteiger partial charge is 0.483 e. The molecule has 0 heterocycles. The van der Waals surface area contributed by atoms with Gasteiger partial charge in [0.2, 0.25) is 5.91 Å². The van der Waals surface area contributed by atoms with E-state index in [2.05, 4.69) is 26.1 Å². The lowest BCUT2D eigenvalue weighted by atomic mass is 9.86. The van der Waals surface area contributed by atoms with E-state index in [1.54, 1.807) is 13.0 Å². The van der Waals surface area contributed by atoms with E-state index in [-0.39, 0.29) is 36.4 Å². The van der Waals surface area contributed by atoms with Gasteiger partial charge in [-0.1, -0.05) is 75.7 Å². The van der Waals surface area contributed by atoms with Crippen LogP contribution in [0.2, 0.25) is 5.02 Å². The lowest BCUT2D eigenvalue weighted by Crippen LogP contribution is -2.50. The Balaban J connectivity index is 2.24. The van der Waals surface area contributed by atoms with Gasteiger partial charge in [-0.2, -0.15) is 0 Å². The number of carbonyl (C=O) groups excluding carboxylic acids is 2. The Labute approximate surface area is 197 Å². The molecule has 5 nitrogen and oxygen atoms in total. The summed E-state index contributed by atoms with van der Waals surface area (Å²) in [7, 11) is 0. The Kier molecular flexibility index (Phi) is 9.14. The van der Waals surface area contributed by atoms with Crippen molar-refractivity contribution in [3.05, 3.63) is 64.7 Å². The van der Waals surface area contributed by atoms with Crippen molar-refractivity contribution in [1.29, 1.82) is 0 Å². The van der Waals surface area contributed by atoms with E-state index < -0.39 is 6.04 Å². The number of hydrogen-bond donors (Lipinski definition) is 1. The molecule has 2 rings (SSSR count). The van der Waals surface area contributed by atoms with Crippen LogP contribution in [0.3, 0.4) is 0 Å². The monoisotopic (exact) mass is 458 g/mol. The highest BCUT2D eigenvalue weighted by Gasteiger charge is 2.28. The van der Waals surface area contributed by atoms with Gasteiger partial charge < -0.3 is 15.0 Å². The molecule has 2 atom stereocenters. The zero-order chi connectivity index (χ0) is 23.9. The molecular formula is C26H35ClN2O3. The van der Waals surface area contributed by atoms with Gasteiger partial charge in [0.15, 0.2) is 6.61 Å². The van der Waals surface area contributed by atoms with Gasteiger partial charge in [0.05, 0.1) is 0 Å². The van der Waals surface area contributed by atoms with Crippen LogP contribution in [0.1, 0.15) is 59.1 Å². The standard InChI is InChI=1S/C26H35ClN2O3/c1-7-18(2)28-25(31)19(3)29(16-20-12-8-10-14-22(20)27)24(30)17-32-23-15-11-9-13-21(23)26(4,5)6/h8-15,18-19H,7,16-17H2,1-6H3,(H,28,31)/t18-,19+/m0/s1. The van der Waals surface area contributed by atoms with Crippen molar-refractivity contribution in [3.8, 4) is 5.75 Å². The Hall–Kier alpha value is -2.53. The molecule has 0 aliphatic rings. The molecule has 6 heteroatoms. The van der Waals surface area contributed by atoms with Crippen LogP contribution in [0.4, 0.5) is 0 Å². The number of nitrogens with one attached hydrogen (secondary N) is 1. The smallest absolute Gasteiger partial charge is 0.261 e. The van der Waals surface area contributed by atoms with Crippen molar-refractivity contribution in [2.24, 2.45) is 0 Å². The van der Waals surface area contributed by atoms with Crippen molar-refractivity contribution in [2.75, 3.05) is 6.61 Å². The molecule has 0 aliphatic heterocycles. The predicted molar refractivity (Wildman–Crippen MR) is 130 cm³/mol. The third kappa shape index (κ3) is 6.99. The van der Waals surface area contributed by atoms with Crippen molar-refractivity contribution in [2.45, 2.75) is 72.0 Å². The first-order chi connectivity index (χ1) is 15.0. The fourth-order valence-electron chi connectivity index (χ4n) is 3.29. The number of para-hydroxylation sites is 1. The van der Waals surface area contributed by atoms with Gasteiger partial charge in [-0.3, -0.25) is 9.59 Å². The molecule has 1 N–H and O–H groups in total. The Bertz CT molecular complexity index is 923. The van der Waals surface area contributed by atoms with Crippen molar-refractivity contribution in [1.82, 2.24) is 10.2 Å². The first-order valence-electron chi connectivity index (χ1n) is 11.1. The summed E-state index contributed by atoms with van der Waals surface area (Å²) in [6.45, 7) is 12.0. The molecule has 0 aliphatic carbocycles. The minimum atomic E-state index is -0.672. The molecule has 2 aromatic rings. The molecule has 2 aromatic carbocycles. The molecule has 0 spiro atoms. The van der Waals surface area contributed by atoms with Crippen LogP contribution in [0.25, 0.3) is 0 Å². The summed E-state index contributed by atoms with van der Waals surface area (Å²) in [5.41, 5.74) is 1.68. The molecule has 174 valence electrons. The maximum absolute atomic E-state index is 13.3. The van der Waals surface area contributed by atoms with E-state index in [0.29, 0.717) is 10.8 Å². The van der Waals surface area contributed by atoms with E-state index in [9.17, 15) is 9.59 Å². The van der Waals surface area contributed by atoms with E-state index in [1.165, 1.54) is 4.90 Å². The number of nitrogens with zero attached hydrogens (tertiary/aromatic N) is 1. The van der Waals surface area contributed by atoms with Gasteiger partial charge in [-0.25, -0.2) is 0 Å². The van der Waals surface area contributed by atoms with Gasteiger partial charge in [0.25, 0.3) is 5.91 Å². The average Bonchev–Trinajstić information content (AvgIpc) is 2.75. The highest BCUT2D eigenvalue weighted by molar-refractivity contribution is 6.31. The zero-order valence-corrected chi connectivity index (χ0v) is 20.7. The lowest BCUT2D eigenvalue weighted by molar-refractivity contribution is -0.142. The number of benzene rings is 2. The predicted octanol–water partition coefficient (Wildman–Crippen LogP) is 5.35. The summed E-state index contributed by atoms with van der Waals surface area (Å²) in [5, 5.41) is 3.52. The molecule has 0 fully saturated rings. The van der Waals surface area contributed by atoms with Crippen LogP contribution in [-0.2, 0) is 21.5 Å². The second kappa shape index (κ2) is 11.4. The fraction of sp³-hybridized carbons (Fsp3) is 0.462. The van der Waals surface area contributed by atoms with Gasteiger partial charge in [-0.05, 0) is 48.9 Å². The summed E-state index contributed by atoms with van der Waals surface area (Å²) in [5.74, 6) is 0.193. The number of hydrogen-bond acceptors (Lipinski definition) is 3. The van der Waals surface area contributed by atoms with Crippen molar-refractivity contribution in [3.63, 3.8) is 0 Å². The Morgan fingerprint density at radius 3 is 2.31 bits per heavy atom. The van der Waals surface area contributed by atoms with Gasteiger partial charge >= 0.3 is 0 Å². The van der Waals surface area contributed by atoms with Gasteiger partial charge in [0.1, 0.15) is 11.8 Å². The maximum Gasteiger partial charge on any atom is 0.261 e. The zero-order valence-electron chi connectivity index (χ0n) is 19.9. The van der Waals surface area contributed by atoms with Crippen LogP contribution < -0.4 is 10.1 Å². The van der Waals surface area contributed by atoms with Gasteiger partial charge in [-0.15, -0.1) is 0 Å². The van der Waals surface area contributed by atoms with Crippen molar-refractivity contribution >= 4 is 23.4 Å². The molecule has 0 radical (unpaired) electrons. The second-order valence-corrected chi connectivity index (χ2v) is 9.55. The summed E-state index contributed by atoms with van der Waals surface area (Å²) >= 11 is 6.34. The van der Waals surface area contributed by atoms with Crippen LogP contribution >= 0.6 is 11.6 Å². The molecule has 0 saturated carbocycles. The molecule has 32 heavy (non-hydrogen) atoms. The van der Waals surface area contributed by atoms with Crippen LogP contribution in [0.5, 0.6) is 5.75 Å². The number of rotatable bonds is 9. The minimum absolute atomic E-state index is 0.0251. The topological polar surface area (TPSA) is 58.6 Å². The molecular weight excluding hydrogens is 424 g/mol. The Morgan fingerprint density at radius 2 is 1.69 bits per heavy atom. The SMILES string of the molecule is CC[C@H](C)NC(=O)[C@@H](C)N(Cc1ccccc1Cl)C(=O)COc1ccccc1C(C)(C)C. The number of halogens is 1. The van der Waals surface area contributed by atoms with Crippen molar-refractivity contribution < 1.29 is 14.3 Å². The van der Waals surface area contributed by atoms with E-state index >= 15 is 0 Å². The number of carbonyl (C=O) groups is 2. The number of amides is 2. The first kappa shape index (κ1) is 25.7. The fourth-order valence-corrected chi connectivity index (χ4v) is 3.49. The molecule has 2 amide bonds. The molecule has 0 unspecified atom stereocenters. The second-order valence-electron chi connectivity index (χ2n) is 9.14. The van der Waals surface area contributed by atoms with Crippen LogP contribution in [-0.4, -0.2) is 35.4 Å². The third-order valence-electron chi connectivity index (χ3n) is 5.51. The lowest BCUT2D eigenvalue weighted by Gasteiger charge is -2.30. The number of ether oxygens (including phenoxy) is 1. The summed E-state index contributed by atoms with van der Waals surface area (Å²) in [4.78, 5) is 27.6. The molecule has 0 bridgehead atoms. The Morgan fingerprint density at radius 1 is 1.06 bits per heavy atom. The van der Waals surface area contributed by atoms with Crippen LogP contribution in [0.15, 0.2) is 48.5 Å². The maximum atomic E-state index is 13.3. The highest BCUT2D eigenvalue weighted by atomic mass is 35.5. The molecule has 0 aromatic heterocycles. The van der Waals surface area contributed by atoms with E-state index in [0.717, 1.165) is 17.5 Å². The minimum Gasteiger partial charge on any atom is -0.483 e.